The first kappa shape index (κ1) is 13.5. The summed E-state index contributed by atoms with van der Waals surface area (Å²) in [6.07, 6.45) is 0.411. The Bertz CT molecular complexity index is 294. The predicted octanol–water partition coefficient (Wildman–Crippen LogP) is 1.85. The summed E-state index contributed by atoms with van der Waals surface area (Å²) in [4.78, 5) is 0. The summed E-state index contributed by atoms with van der Waals surface area (Å²) in [6.45, 7) is -0.00683. The van der Waals surface area contributed by atoms with Gasteiger partial charge in [0.2, 0.25) is 0 Å². The Hall–Kier alpha value is -0.480. The second-order valence-electron chi connectivity index (χ2n) is 2.82. The summed E-state index contributed by atoms with van der Waals surface area (Å²) in [5, 5.41) is 18.6. The summed E-state index contributed by atoms with van der Waals surface area (Å²) >= 11 is 5.73. The van der Waals surface area contributed by atoms with Crippen LogP contribution >= 0.6 is 24.0 Å². The number of rotatable bonds is 3. The second kappa shape index (κ2) is 6.09. The molecule has 0 aromatic heterocycles. The van der Waals surface area contributed by atoms with Gasteiger partial charge in [0.1, 0.15) is 5.75 Å². The monoisotopic (exact) mass is 237 g/mol. The third-order valence-electron chi connectivity index (χ3n) is 1.83. The van der Waals surface area contributed by atoms with E-state index in [-0.39, 0.29) is 30.8 Å². The highest BCUT2D eigenvalue weighted by Gasteiger charge is 2.10. The highest BCUT2D eigenvalue weighted by atomic mass is 35.5. The first-order valence-corrected chi connectivity index (χ1v) is 4.38. The third kappa shape index (κ3) is 3.35. The minimum Gasteiger partial charge on any atom is -0.508 e. The maximum atomic E-state index is 9.41. The van der Waals surface area contributed by atoms with Gasteiger partial charge >= 0.3 is 0 Å². The zero-order valence-corrected chi connectivity index (χ0v) is 9.05. The summed E-state index contributed by atoms with van der Waals surface area (Å²) in [5.41, 5.74) is 6.27. The van der Waals surface area contributed by atoms with Gasteiger partial charge in [-0.05, 0) is 24.6 Å². The Balaban J connectivity index is 0.00000169. The minimum atomic E-state index is -0.372. The normalized spacial score (nSPS) is 11.9. The number of aliphatic hydroxyl groups is 1. The van der Waals surface area contributed by atoms with Gasteiger partial charge in [-0.25, -0.2) is 0 Å². The van der Waals surface area contributed by atoms with E-state index in [0.717, 1.165) is 0 Å². The largest absolute Gasteiger partial charge is 0.508 e. The fourth-order valence-electron chi connectivity index (χ4n) is 1.12. The molecule has 4 N–H and O–H groups in total. The molecule has 0 aliphatic heterocycles. The van der Waals surface area contributed by atoms with Gasteiger partial charge in [0.05, 0.1) is 0 Å². The Morgan fingerprint density at radius 2 is 2.07 bits per heavy atom. The number of aliphatic hydroxyl groups excluding tert-OH is 1. The zero-order chi connectivity index (χ0) is 9.84. The highest BCUT2D eigenvalue weighted by Crippen LogP contribution is 2.27. The van der Waals surface area contributed by atoms with E-state index in [1.54, 1.807) is 12.1 Å². The first-order chi connectivity index (χ1) is 6.15. The molecular weight excluding hydrogens is 225 g/mol. The van der Waals surface area contributed by atoms with Crippen LogP contribution in [0.25, 0.3) is 0 Å². The SMILES string of the molecule is Cl.NC(CCO)c1cc(Cl)ccc1O. The molecule has 0 radical (unpaired) electrons. The molecule has 0 spiro atoms. The van der Waals surface area contributed by atoms with Crippen molar-refractivity contribution in [2.75, 3.05) is 6.61 Å². The standard InChI is InChI=1S/C9H12ClNO2.ClH/c10-6-1-2-9(13)7(5-6)8(11)3-4-12;/h1-2,5,8,12-13H,3-4,11H2;1H. The molecule has 0 fully saturated rings. The topological polar surface area (TPSA) is 66.5 Å². The molecule has 0 amide bonds. The van der Waals surface area contributed by atoms with Gasteiger partial charge in [-0.15, -0.1) is 12.4 Å². The fraction of sp³-hybridized carbons (Fsp3) is 0.333. The zero-order valence-electron chi connectivity index (χ0n) is 7.48. The van der Waals surface area contributed by atoms with E-state index in [1.807, 2.05) is 0 Å². The maximum Gasteiger partial charge on any atom is 0.120 e. The van der Waals surface area contributed by atoms with Crippen molar-refractivity contribution in [1.29, 1.82) is 0 Å². The number of nitrogens with two attached hydrogens (primary N) is 1. The van der Waals surface area contributed by atoms with Gasteiger partial charge in [-0.2, -0.15) is 0 Å². The van der Waals surface area contributed by atoms with E-state index in [1.165, 1.54) is 6.07 Å². The molecule has 80 valence electrons. The quantitative estimate of drug-likeness (QED) is 0.752. The van der Waals surface area contributed by atoms with E-state index in [4.69, 9.17) is 22.4 Å². The molecule has 1 atom stereocenters. The summed E-state index contributed by atoms with van der Waals surface area (Å²) < 4.78 is 0. The average Bonchev–Trinajstić information content (AvgIpc) is 2.09. The second-order valence-corrected chi connectivity index (χ2v) is 3.26. The molecule has 3 nitrogen and oxygen atoms in total. The molecule has 14 heavy (non-hydrogen) atoms. The van der Waals surface area contributed by atoms with Crippen LogP contribution in [-0.4, -0.2) is 16.8 Å². The van der Waals surface area contributed by atoms with E-state index in [2.05, 4.69) is 0 Å². The molecule has 0 bridgehead atoms. The van der Waals surface area contributed by atoms with Gasteiger partial charge in [0.25, 0.3) is 0 Å². The Morgan fingerprint density at radius 1 is 1.43 bits per heavy atom. The number of halogens is 2. The van der Waals surface area contributed by atoms with E-state index in [9.17, 15) is 5.11 Å². The molecule has 0 saturated carbocycles. The van der Waals surface area contributed by atoms with Crippen molar-refractivity contribution in [3.8, 4) is 5.75 Å². The molecule has 0 aliphatic rings. The lowest BCUT2D eigenvalue weighted by Gasteiger charge is -2.12. The smallest absolute Gasteiger partial charge is 0.120 e. The van der Waals surface area contributed by atoms with Gasteiger partial charge in [0.15, 0.2) is 0 Å². The molecular formula is C9H13Cl2NO2. The van der Waals surface area contributed by atoms with Crippen LogP contribution in [0.15, 0.2) is 18.2 Å². The first-order valence-electron chi connectivity index (χ1n) is 4.00. The van der Waals surface area contributed by atoms with E-state index >= 15 is 0 Å². The van der Waals surface area contributed by atoms with Crippen molar-refractivity contribution >= 4 is 24.0 Å². The number of hydrogen-bond acceptors (Lipinski definition) is 3. The summed E-state index contributed by atoms with van der Waals surface area (Å²) in [7, 11) is 0. The molecule has 0 aliphatic carbocycles. The number of phenolic OH excluding ortho intramolecular Hbond substituents is 1. The lowest BCUT2D eigenvalue weighted by Crippen LogP contribution is -2.11. The van der Waals surface area contributed by atoms with Gasteiger partial charge in [0, 0.05) is 23.2 Å². The van der Waals surface area contributed by atoms with Crippen LogP contribution in [0, 0.1) is 0 Å². The lowest BCUT2D eigenvalue weighted by atomic mass is 10.0. The summed E-state index contributed by atoms with van der Waals surface area (Å²) in [5.74, 6) is 0.116. The Labute approximate surface area is 93.9 Å². The molecule has 1 unspecified atom stereocenters. The van der Waals surface area contributed by atoms with Crippen LogP contribution in [0.5, 0.6) is 5.75 Å². The summed E-state index contributed by atoms with van der Waals surface area (Å²) in [6, 6.07) is 4.32. The van der Waals surface area contributed by atoms with Crippen LogP contribution in [0.4, 0.5) is 0 Å². The average molecular weight is 238 g/mol. The van der Waals surface area contributed by atoms with Crippen LogP contribution in [-0.2, 0) is 0 Å². The lowest BCUT2D eigenvalue weighted by molar-refractivity contribution is 0.275. The molecule has 0 saturated heterocycles. The molecule has 1 aromatic carbocycles. The fourth-order valence-corrected chi connectivity index (χ4v) is 1.30. The van der Waals surface area contributed by atoms with Crippen LogP contribution < -0.4 is 5.73 Å². The highest BCUT2D eigenvalue weighted by molar-refractivity contribution is 6.30. The van der Waals surface area contributed by atoms with Crippen molar-refractivity contribution < 1.29 is 10.2 Å². The van der Waals surface area contributed by atoms with Gasteiger partial charge < -0.3 is 15.9 Å². The number of hydrogen-bond donors (Lipinski definition) is 3. The van der Waals surface area contributed by atoms with Crippen molar-refractivity contribution in [3.05, 3.63) is 28.8 Å². The minimum absolute atomic E-state index is 0. The molecule has 1 rings (SSSR count). The van der Waals surface area contributed by atoms with Gasteiger partial charge in [-0.1, -0.05) is 11.6 Å². The molecule has 0 heterocycles. The van der Waals surface area contributed by atoms with Crippen molar-refractivity contribution in [2.24, 2.45) is 5.73 Å². The van der Waals surface area contributed by atoms with E-state index < -0.39 is 0 Å². The van der Waals surface area contributed by atoms with E-state index in [0.29, 0.717) is 17.0 Å². The number of phenols is 1. The van der Waals surface area contributed by atoms with Gasteiger partial charge in [-0.3, -0.25) is 0 Å². The molecule has 1 aromatic rings. The Kier molecular flexibility index (Phi) is 5.88. The van der Waals surface area contributed by atoms with Crippen molar-refractivity contribution in [1.82, 2.24) is 0 Å². The molecule has 5 heteroatoms. The number of aromatic hydroxyl groups is 1. The number of benzene rings is 1. The van der Waals surface area contributed by atoms with Crippen LogP contribution in [0.2, 0.25) is 5.02 Å². The van der Waals surface area contributed by atoms with Crippen molar-refractivity contribution in [2.45, 2.75) is 12.5 Å². The predicted molar refractivity (Wildman–Crippen MR) is 59.0 cm³/mol. The van der Waals surface area contributed by atoms with Crippen LogP contribution in [0.1, 0.15) is 18.0 Å². The third-order valence-corrected chi connectivity index (χ3v) is 2.06. The van der Waals surface area contributed by atoms with Crippen molar-refractivity contribution in [3.63, 3.8) is 0 Å². The Morgan fingerprint density at radius 3 is 2.64 bits per heavy atom. The maximum absolute atomic E-state index is 9.41. The van der Waals surface area contributed by atoms with Crippen LogP contribution in [0.3, 0.4) is 0 Å².